The third kappa shape index (κ3) is 1.39. The van der Waals surface area contributed by atoms with Gasteiger partial charge in [-0.2, -0.15) is 0 Å². The molecule has 1 aromatic carbocycles. The molecule has 3 heterocycles. The average Bonchev–Trinajstić information content (AvgIpc) is 2.83. The summed E-state index contributed by atoms with van der Waals surface area (Å²) in [4.78, 5) is 4.52. The van der Waals surface area contributed by atoms with Crippen LogP contribution < -0.4 is 4.57 Å². The summed E-state index contributed by atoms with van der Waals surface area (Å²) >= 11 is 0. The smallest absolute Gasteiger partial charge is 0.254 e. The van der Waals surface area contributed by atoms with Crippen LogP contribution in [0.3, 0.4) is 0 Å². The highest BCUT2D eigenvalue weighted by Crippen LogP contribution is 2.41. The van der Waals surface area contributed by atoms with Crippen molar-refractivity contribution in [3.05, 3.63) is 47.5 Å². The molecule has 3 nitrogen and oxygen atoms in total. The molecule has 106 valence electrons. The molecular weight excluding hydrogens is 258 g/mol. The predicted molar refractivity (Wildman–Crippen MR) is 84.2 cm³/mol. The number of aromatic nitrogens is 3. The van der Waals surface area contributed by atoms with Gasteiger partial charge >= 0.3 is 0 Å². The van der Waals surface area contributed by atoms with Crippen molar-refractivity contribution in [3.8, 4) is 11.3 Å². The van der Waals surface area contributed by atoms with E-state index in [1.165, 1.54) is 33.7 Å². The van der Waals surface area contributed by atoms with Crippen LogP contribution in [0.1, 0.15) is 30.9 Å². The summed E-state index contributed by atoms with van der Waals surface area (Å²) < 4.78 is 4.74. The summed E-state index contributed by atoms with van der Waals surface area (Å²) in [6.07, 6.45) is 1.87. The lowest BCUT2D eigenvalue weighted by Crippen LogP contribution is -2.52. The molecule has 0 saturated carbocycles. The minimum Gasteiger partial charge on any atom is -0.256 e. The number of pyridine rings is 1. The van der Waals surface area contributed by atoms with E-state index in [1.807, 2.05) is 12.3 Å². The molecular formula is C18H20N3+. The number of hydrogen-bond acceptors (Lipinski definition) is 1. The van der Waals surface area contributed by atoms with Gasteiger partial charge in [-0.1, -0.05) is 6.07 Å². The zero-order chi connectivity index (χ0) is 14.9. The third-order valence-electron chi connectivity index (χ3n) is 5.09. The fraction of sp³-hybridized carbons (Fsp3) is 0.333. The van der Waals surface area contributed by atoms with Crippen LogP contribution in [0.4, 0.5) is 0 Å². The topological polar surface area (TPSA) is 21.7 Å². The van der Waals surface area contributed by atoms with Crippen molar-refractivity contribution in [1.82, 2.24) is 9.55 Å². The number of fused-ring (bicyclic) bond motifs is 4. The fourth-order valence-electron chi connectivity index (χ4n) is 3.82. The number of benzene rings is 1. The summed E-state index contributed by atoms with van der Waals surface area (Å²) in [7, 11) is 2.14. The first kappa shape index (κ1) is 12.6. The lowest BCUT2D eigenvalue weighted by molar-refractivity contribution is -0.737. The SMILES string of the molecule is Cc1c2[n+](c(C)n1C)C(C)(C)c1cc3cccnc3cc1-2. The Morgan fingerprint density at radius 1 is 1.19 bits per heavy atom. The first-order chi connectivity index (χ1) is 9.93. The molecule has 0 unspecified atom stereocenters. The number of imidazole rings is 1. The molecule has 0 spiro atoms. The molecule has 3 aromatic rings. The highest BCUT2D eigenvalue weighted by molar-refractivity contribution is 5.86. The van der Waals surface area contributed by atoms with Gasteiger partial charge in [-0.3, -0.25) is 4.98 Å². The van der Waals surface area contributed by atoms with Crippen LogP contribution in [0.15, 0.2) is 30.5 Å². The minimum absolute atomic E-state index is 0.0230. The van der Waals surface area contributed by atoms with Crippen LogP contribution in [0.2, 0.25) is 0 Å². The van der Waals surface area contributed by atoms with E-state index in [4.69, 9.17) is 0 Å². The van der Waals surface area contributed by atoms with Crippen LogP contribution >= 0.6 is 0 Å². The molecule has 1 aliphatic rings. The molecule has 0 aliphatic carbocycles. The van der Waals surface area contributed by atoms with Crippen molar-refractivity contribution in [2.24, 2.45) is 7.05 Å². The van der Waals surface area contributed by atoms with Gasteiger partial charge in [0, 0.05) is 36.6 Å². The van der Waals surface area contributed by atoms with Crippen molar-refractivity contribution < 1.29 is 4.57 Å². The van der Waals surface area contributed by atoms with Crippen LogP contribution in [-0.2, 0) is 12.6 Å². The van der Waals surface area contributed by atoms with Gasteiger partial charge in [-0.05, 0) is 32.0 Å². The Morgan fingerprint density at radius 3 is 2.71 bits per heavy atom. The molecule has 4 rings (SSSR count). The molecule has 0 bridgehead atoms. The van der Waals surface area contributed by atoms with Crippen LogP contribution in [0.5, 0.6) is 0 Å². The maximum atomic E-state index is 4.52. The highest BCUT2D eigenvalue weighted by Gasteiger charge is 2.45. The fourth-order valence-corrected chi connectivity index (χ4v) is 3.82. The molecule has 0 fully saturated rings. The summed E-state index contributed by atoms with van der Waals surface area (Å²) in [5.41, 5.74) is 6.42. The normalized spacial score (nSPS) is 15.3. The van der Waals surface area contributed by atoms with Crippen molar-refractivity contribution in [1.29, 1.82) is 0 Å². The van der Waals surface area contributed by atoms with Gasteiger partial charge in [-0.15, -0.1) is 0 Å². The highest BCUT2D eigenvalue weighted by atomic mass is 15.2. The molecule has 0 N–H and O–H groups in total. The van der Waals surface area contributed by atoms with Gasteiger partial charge in [0.15, 0.2) is 5.69 Å². The zero-order valence-corrected chi connectivity index (χ0v) is 13.2. The second-order valence-electron chi connectivity index (χ2n) is 6.53. The Kier molecular flexibility index (Phi) is 2.23. The van der Waals surface area contributed by atoms with Crippen molar-refractivity contribution in [2.45, 2.75) is 33.2 Å². The molecule has 0 atom stereocenters. The number of nitrogens with zero attached hydrogens (tertiary/aromatic N) is 3. The number of rotatable bonds is 0. The Balaban J connectivity index is 2.18. The minimum atomic E-state index is -0.0230. The Morgan fingerprint density at radius 2 is 1.95 bits per heavy atom. The van der Waals surface area contributed by atoms with Crippen molar-refractivity contribution >= 4 is 10.9 Å². The van der Waals surface area contributed by atoms with Crippen molar-refractivity contribution in [3.63, 3.8) is 0 Å². The first-order valence-electron chi connectivity index (χ1n) is 7.41. The summed E-state index contributed by atoms with van der Waals surface area (Å²) in [5, 5.41) is 1.22. The summed E-state index contributed by atoms with van der Waals surface area (Å²) in [5.74, 6) is 1.29. The second kappa shape index (κ2) is 3.73. The molecule has 0 amide bonds. The summed E-state index contributed by atoms with van der Waals surface area (Å²) in [6, 6.07) is 8.71. The largest absolute Gasteiger partial charge is 0.256 e. The Bertz CT molecular complexity index is 900. The van der Waals surface area contributed by atoms with Gasteiger partial charge in [0.05, 0.1) is 12.6 Å². The van der Waals surface area contributed by atoms with E-state index in [2.05, 4.69) is 67.1 Å². The molecule has 3 heteroatoms. The first-order valence-corrected chi connectivity index (χ1v) is 7.41. The van der Waals surface area contributed by atoms with Crippen LogP contribution in [0.25, 0.3) is 22.2 Å². The number of hydrogen-bond donors (Lipinski definition) is 0. The molecule has 0 radical (unpaired) electrons. The van der Waals surface area contributed by atoms with E-state index in [0.717, 1.165) is 5.52 Å². The Hall–Kier alpha value is -2.16. The van der Waals surface area contributed by atoms with Gasteiger partial charge in [-0.25, -0.2) is 9.13 Å². The third-order valence-corrected chi connectivity index (χ3v) is 5.09. The lowest BCUT2D eigenvalue weighted by Gasteiger charge is -2.19. The van der Waals surface area contributed by atoms with E-state index in [9.17, 15) is 0 Å². The monoisotopic (exact) mass is 278 g/mol. The van der Waals surface area contributed by atoms with E-state index in [0.29, 0.717) is 0 Å². The maximum Gasteiger partial charge on any atom is 0.254 e. The van der Waals surface area contributed by atoms with Gasteiger partial charge < -0.3 is 0 Å². The maximum absolute atomic E-state index is 4.52. The second-order valence-corrected chi connectivity index (χ2v) is 6.53. The van der Waals surface area contributed by atoms with Gasteiger partial charge in [0.1, 0.15) is 11.2 Å². The summed E-state index contributed by atoms with van der Waals surface area (Å²) in [6.45, 7) is 9.00. The van der Waals surface area contributed by atoms with Crippen LogP contribution in [0, 0.1) is 13.8 Å². The average molecular weight is 278 g/mol. The standard InChI is InChI=1S/C18H20N3/c1-11-17-14-10-16-13(7-6-8-19-16)9-15(14)18(3,4)21(17)12(2)20(11)5/h6-10H,1-5H3/q+1. The molecule has 2 aromatic heterocycles. The molecule has 1 aliphatic heterocycles. The van der Waals surface area contributed by atoms with E-state index in [-0.39, 0.29) is 5.54 Å². The van der Waals surface area contributed by atoms with Crippen LogP contribution in [-0.4, -0.2) is 9.55 Å². The molecule has 21 heavy (non-hydrogen) atoms. The van der Waals surface area contributed by atoms with E-state index < -0.39 is 0 Å². The van der Waals surface area contributed by atoms with Gasteiger partial charge in [0.2, 0.25) is 0 Å². The quantitative estimate of drug-likeness (QED) is 0.579. The molecule has 0 saturated heterocycles. The van der Waals surface area contributed by atoms with E-state index >= 15 is 0 Å². The zero-order valence-electron chi connectivity index (χ0n) is 13.2. The lowest BCUT2D eigenvalue weighted by atomic mass is 9.91. The Labute approximate surface area is 124 Å². The van der Waals surface area contributed by atoms with Crippen molar-refractivity contribution in [2.75, 3.05) is 0 Å². The van der Waals surface area contributed by atoms with E-state index in [1.54, 1.807) is 0 Å². The van der Waals surface area contributed by atoms with Gasteiger partial charge in [0.25, 0.3) is 5.82 Å². The predicted octanol–water partition coefficient (Wildman–Crippen LogP) is 3.24.